The van der Waals surface area contributed by atoms with Gasteiger partial charge in [0, 0.05) is 43.7 Å². The van der Waals surface area contributed by atoms with Gasteiger partial charge in [-0.05, 0) is 18.9 Å². The predicted molar refractivity (Wildman–Crippen MR) is 98.2 cm³/mol. The largest absolute Gasteiger partial charge is 0.473 e. The van der Waals surface area contributed by atoms with Gasteiger partial charge in [-0.25, -0.2) is 17.8 Å². The number of pyridine rings is 1. The lowest BCUT2D eigenvalue weighted by molar-refractivity contribution is -0.121. The second-order valence-electron chi connectivity index (χ2n) is 6.19. The molecule has 0 radical (unpaired) electrons. The molecule has 8 nitrogen and oxygen atoms in total. The fraction of sp³-hybridized carbons (Fsp3) is 0.529. The lowest BCUT2D eigenvalue weighted by atomic mass is 10.1. The summed E-state index contributed by atoms with van der Waals surface area (Å²) in [6.45, 7) is 2.41. The normalized spacial score (nSPS) is 16.9. The third kappa shape index (κ3) is 5.72. The highest BCUT2D eigenvalue weighted by molar-refractivity contribution is 7.89. The Bertz CT molecular complexity index is 760. The first kappa shape index (κ1) is 21.3. The van der Waals surface area contributed by atoms with Gasteiger partial charge in [-0.15, -0.1) is 0 Å². The van der Waals surface area contributed by atoms with Gasteiger partial charge in [0.25, 0.3) is 0 Å². The zero-order valence-corrected chi connectivity index (χ0v) is 16.0. The van der Waals surface area contributed by atoms with E-state index in [1.54, 1.807) is 6.92 Å². The third-order valence-corrected chi connectivity index (χ3v) is 6.19. The molecule has 0 spiro atoms. The van der Waals surface area contributed by atoms with Crippen molar-refractivity contribution < 1.29 is 22.3 Å². The van der Waals surface area contributed by atoms with Crippen LogP contribution in [0.3, 0.4) is 0 Å². The summed E-state index contributed by atoms with van der Waals surface area (Å²) in [6, 6.07) is 2.83. The number of halogens is 1. The Morgan fingerprint density at radius 2 is 2.15 bits per heavy atom. The summed E-state index contributed by atoms with van der Waals surface area (Å²) < 4.78 is 44.6. The molecular weight excluding hydrogens is 375 g/mol. The second kappa shape index (κ2) is 9.77. The Balaban J connectivity index is 1.96. The molecule has 1 aromatic rings. The van der Waals surface area contributed by atoms with Gasteiger partial charge in [0.2, 0.25) is 21.8 Å². The van der Waals surface area contributed by atoms with Crippen molar-refractivity contribution in [3.05, 3.63) is 30.2 Å². The number of piperidine rings is 1. The van der Waals surface area contributed by atoms with Crippen LogP contribution >= 0.6 is 0 Å². The molecule has 1 saturated heterocycles. The first-order valence-corrected chi connectivity index (χ1v) is 10.2. The van der Waals surface area contributed by atoms with Gasteiger partial charge in [-0.3, -0.25) is 4.79 Å². The molecule has 1 aliphatic rings. The Morgan fingerprint density at radius 3 is 2.67 bits per heavy atom. The fourth-order valence-corrected chi connectivity index (χ4v) is 4.04. The molecule has 10 heteroatoms. The van der Waals surface area contributed by atoms with E-state index < -0.39 is 10.0 Å². The molecule has 27 heavy (non-hydrogen) atoms. The minimum Gasteiger partial charge on any atom is -0.473 e. The average molecular weight is 400 g/mol. The maximum Gasteiger partial charge on any atom is 0.244 e. The quantitative estimate of drug-likeness (QED) is 0.671. The number of rotatable bonds is 8. The molecular formula is C17H25FN4O4S. The average Bonchev–Trinajstić information content (AvgIpc) is 2.69. The van der Waals surface area contributed by atoms with Crippen molar-refractivity contribution in [2.24, 2.45) is 5.73 Å². The Morgan fingerprint density at radius 1 is 1.44 bits per heavy atom. The number of aromatic nitrogens is 1. The highest BCUT2D eigenvalue weighted by atomic mass is 32.2. The number of sulfonamides is 1. The predicted octanol–water partition coefficient (Wildman–Crippen LogP) is 0.952. The van der Waals surface area contributed by atoms with E-state index >= 15 is 0 Å². The van der Waals surface area contributed by atoms with Gasteiger partial charge in [0.05, 0.1) is 12.5 Å². The van der Waals surface area contributed by atoms with Crippen LogP contribution in [-0.4, -0.2) is 55.9 Å². The van der Waals surface area contributed by atoms with Gasteiger partial charge in [-0.2, -0.15) is 4.31 Å². The van der Waals surface area contributed by atoms with Crippen LogP contribution in [0.4, 0.5) is 4.39 Å². The summed E-state index contributed by atoms with van der Waals surface area (Å²) in [4.78, 5) is 15.5. The molecule has 0 aromatic carbocycles. The number of hydrogen-bond donors (Lipinski definition) is 2. The monoisotopic (exact) mass is 400 g/mol. The van der Waals surface area contributed by atoms with Crippen molar-refractivity contribution in [1.29, 1.82) is 0 Å². The van der Waals surface area contributed by atoms with Crippen LogP contribution in [0, 0.1) is 0 Å². The summed E-state index contributed by atoms with van der Waals surface area (Å²) in [5.74, 6) is 0.152. The van der Waals surface area contributed by atoms with Crippen molar-refractivity contribution in [3.63, 3.8) is 0 Å². The first-order valence-electron chi connectivity index (χ1n) is 8.77. The molecule has 1 fully saturated rings. The van der Waals surface area contributed by atoms with E-state index in [4.69, 9.17) is 10.5 Å². The molecule has 0 saturated carbocycles. The van der Waals surface area contributed by atoms with Crippen LogP contribution < -0.4 is 15.8 Å². The van der Waals surface area contributed by atoms with E-state index in [0.29, 0.717) is 38.7 Å². The zero-order valence-electron chi connectivity index (χ0n) is 15.2. The SMILES string of the molecule is CCC(=O)NC1CCN(S(=O)(=O)c2ccc(OC/C(=C/F)CN)nc2)CC1. The molecule has 1 aromatic heterocycles. The van der Waals surface area contributed by atoms with Gasteiger partial charge in [0.1, 0.15) is 11.5 Å². The van der Waals surface area contributed by atoms with Crippen molar-refractivity contribution in [2.45, 2.75) is 37.1 Å². The standard InChI is InChI=1S/C17H25FN4O4S/c1-2-16(23)21-14-5-7-22(8-6-14)27(24,25)15-3-4-17(20-11-15)26-12-13(9-18)10-19/h3-4,9,11,14H,2,5-8,10,12,19H2,1H3,(H,21,23)/b13-9+. The number of nitrogens with two attached hydrogens (primary N) is 1. The van der Waals surface area contributed by atoms with Gasteiger partial charge in [0.15, 0.2) is 0 Å². The van der Waals surface area contributed by atoms with E-state index in [0.717, 1.165) is 0 Å². The Labute approximate surface area is 158 Å². The van der Waals surface area contributed by atoms with E-state index in [1.807, 2.05) is 0 Å². The van der Waals surface area contributed by atoms with Crippen LogP contribution in [0.5, 0.6) is 5.88 Å². The summed E-state index contributed by atoms with van der Waals surface area (Å²) in [7, 11) is -3.67. The number of amides is 1. The van der Waals surface area contributed by atoms with E-state index in [2.05, 4.69) is 10.3 Å². The number of nitrogens with one attached hydrogen (secondary N) is 1. The van der Waals surface area contributed by atoms with Crippen LogP contribution in [0.15, 0.2) is 35.1 Å². The Hall–Kier alpha value is -2.04. The highest BCUT2D eigenvalue weighted by Crippen LogP contribution is 2.21. The summed E-state index contributed by atoms with van der Waals surface area (Å²) >= 11 is 0. The van der Waals surface area contributed by atoms with Gasteiger partial charge >= 0.3 is 0 Å². The summed E-state index contributed by atoms with van der Waals surface area (Å²) in [6.07, 6.45) is 3.14. The lowest BCUT2D eigenvalue weighted by Gasteiger charge is -2.31. The summed E-state index contributed by atoms with van der Waals surface area (Å²) in [5.41, 5.74) is 5.61. The number of carbonyl (C=O) groups is 1. The lowest BCUT2D eigenvalue weighted by Crippen LogP contribution is -2.46. The molecule has 3 N–H and O–H groups in total. The molecule has 1 aliphatic heterocycles. The van der Waals surface area contributed by atoms with Crippen molar-refractivity contribution >= 4 is 15.9 Å². The fourth-order valence-electron chi connectivity index (χ4n) is 2.63. The van der Waals surface area contributed by atoms with Gasteiger partial charge in [-0.1, -0.05) is 6.92 Å². The summed E-state index contributed by atoms with van der Waals surface area (Å²) in [5, 5.41) is 2.89. The first-order chi connectivity index (χ1) is 12.9. The van der Waals surface area contributed by atoms with Crippen LogP contribution in [0.1, 0.15) is 26.2 Å². The molecule has 1 amide bonds. The van der Waals surface area contributed by atoms with Gasteiger partial charge < -0.3 is 15.8 Å². The molecule has 0 bridgehead atoms. The Kier molecular flexibility index (Phi) is 7.69. The molecule has 2 rings (SSSR count). The van der Waals surface area contributed by atoms with Crippen molar-refractivity contribution in [3.8, 4) is 5.88 Å². The highest BCUT2D eigenvalue weighted by Gasteiger charge is 2.30. The minimum atomic E-state index is -3.67. The zero-order chi connectivity index (χ0) is 19.9. The van der Waals surface area contributed by atoms with Crippen LogP contribution in [0.25, 0.3) is 0 Å². The molecule has 0 aliphatic carbocycles. The molecule has 0 atom stereocenters. The number of nitrogens with zero attached hydrogens (tertiary/aromatic N) is 2. The smallest absolute Gasteiger partial charge is 0.244 e. The van der Waals surface area contributed by atoms with E-state index in [9.17, 15) is 17.6 Å². The van der Waals surface area contributed by atoms with E-state index in [-0.39, 0.29) is 41.4 Å². The topological polar surface area (TPSA) is 115 Å². The maximum absolute atomic E-state index is 12.7. The maximum atomic E-state index is 12.7. The third-order valence-electron chi connectivity index (χ3n) is 4.31. The number of carbonyl (C=O) groups excluding carboxylic acids is 1. The van der Waals surface area contributed by atoms with E-state index in [1.165, 1.54) is 22.6 Å². The molecule has 0 unspecified atom stereocenters. The van der Waals surface area contributed by atoms with Crippen molar-refractivity contribution in [1.82, 2.24) is 14.6 Å². The van der Waals surface area contributed by atoms with Crippen LogP contribution in [0.2, 0.25) is 0 Å². The molecule has 2 heterocycles. The second-order valence-corrected chi connectivity index (χ2v) is 8.13. The number of ether oxygens (including phenoxy) is 1. The number of hydrogen-bond acceptors (Lipinski definition) is 6. The van der Waals surface area contributed by atoms with Crippen LogP contribution in [-0.2, 0) is 14.8 Å². The van der Waals surface area contributed by atoms with Crippen molar-refractivity contribution in [2.75, 3.05) is 26.2 Å². The molecule has 150 valence electrons. The minimum absolute atomic E-state index is 0.00176.